The number of rotatable bonds is 5. The van der Waals surface area contributed by atoms with E-state index in [1.165, 1.54) is 30.3 Å². The van der Waals surface area contributed by atoms with Crippen molar-refractivity contribution in [3.8, 4) is 0 Å². The van der Waals surface area contributed by atoms with E-state index < -0.39 is 10.8 Å². The van der Waals surface area contributed by atoms with Crippen LogP contribution in [0.1, 0.15) is 15.9 Å². The molecule has 0 unspecified atom stereocenters. The molecule has 2 N–H and O–H groups in total. The molecule has 0 atom stereocenters. The zero-order valence-electron chi connectivity index (χ0n) is 13.8. The van der Waals surface area contributed by atoms with Gasteiger partial charge in [0.25, 0.3) is 11.6 Å². The Morgan fingerprint density at radius 3 is 2.58 bits per heavy atom. The molecule has 0 bridgehead atoms. The van der Waals surface area contributed by atoms with Crippen LogP contribution in [-0.2, 0) is 11.3 Å². The van der Waals surface area contributed by atoms with E-state index in [1.54, 1.807) is 25.3 Å². The number of pyridine rings is 1. The van der Waals surface area contributed by atoms with Crippen LogP contribution in [-0.4, -0.2) is 22.9 Å². The number of non-ortho nitro benzene ring substituents is 1. The number of nitro benzene ring substituents is 1. The maximum Gasteiger partial charge on any atom is 0.269 e. The van der Waals surface area contributed by atoms with E-state index in [1.807, 2.05) is 0 Å². The molecule has 1 heterocycles. The van der Waals surface area contributed by atoms with E-state index in [9.17, 15) is 19.7 Å². The van der Waals surface area contributed by atoms with Crippen LogP contribution < -0.4 is 10.9 Å². The van der Waals surface area contributed by atoms with Crippen LogP contribution in [0, 0.1) is 10.1 Å². The molecule has 2 aromatic carbocycles. The second-order valence-electron chi connectivity index (χ2n) is 5.61. The molecule has 0 fully saturated rings. The van der Waals surface area contributed by atoms with E-state index in [2.05, 4.69) is 10.3 Å². The number of anilines is 1. The van der Waals surface area contributed by atoms with Gasteiger partial charge in [-0.1, -0.05) is 6.07 Å². The van der Waals surface area contributed by atoms with Crippen molar-refractivity contribution in [1.29, 1.82) is 0 Å². The third-order valence-electron chi connectivity index (χ3n) is 3.83. The molecule has 1 amide bonds. The van der Waals surface area contributed by atoms with Gasteiger partial charge in [0.1, 0.15) is 0 Å². The predicted octanol–water partition coefficient (Wildman–Crippen LogP) is 2.84. The Balaban J connectivity index is 1.87. The molecule has 3 aromatic rings. The topological polar surface area (TPSA) is 114 Å². The Kier molecular flexibility index (Phi) is 4.76. The molecule has 0 saturated carbocycles. The number of carbonyl (C=O) groups excluding carboxylic acids is 1. The zero-order valence-corrected chi connectivity index (χ0v) is 13.8. The first-order valence-corrected chi connectivity index (χ1v) is 7.68. The van der Waals surface area contributed by atoms with Gasteiger partial charge in [0.2, 0.25) is 5.56 Å². The predicted molar refractivity (Wildman–Crippen MR) is 96.3 cm³/mol. The summed E-state index contributed by atoms with van der Waals surface area (Å²) in [5.74, 6) is -0.408. The van der Waals surface area contributed by atoms with Crippen molar-refractivity contribution in [3.63, 3.8) is 0 Å². The number of aromatic amines is 1. The Morgan fingerprint density at radius 1 is 1.19 bits per heavy atom. The number of ether oxygens (including phenoxy) is 1. The zero-order chi connectivity index (χ0) is 18.7. The van der Waals surface area contributed by atoms with E-state index in [4.69, 9.17) is 4.74 Å². The Morgan fingerprint density at radius 2 is 1.92 bits per heavy atom. The highest BCUT2D eigenvalue weighted by atomic mass is 16.6. The number of aromatic nitrogens is 1. The fraction of sp³-hybridized carbons (Fsp3) is 0.111. The minimum atomic E-state index is -0.529. The van der Waals surface area contributed by atoms with E-state index in [0.717, 1.165) is 10.9 Å². The van der Waals surface area contributed by atoms with E-state index >= 15 is 0 Å². The third-order valence-corrected chi connectivity index (χ3v) is 3.83. The number of methoxy groups -OCH3 is 1. The molecule has 8 heteroatoms. The van der Waals surface area contributed by atoms with Crippen LogP contribution in [0.3, 0.4) is 0 Å². The number of benzene rings is 2. The van der Waals surface area contributed by atoms with Crippen molar-refractivity contribution in [2.24, 2.45) is 0 Å². The van der Waals surface area contributed by atoms with Gasteiger partial charge in [-0.05, 0) is 29.8 Å². The summed E-state index contributed by atoms with van der Waals surface area (Å²) < 4.78 is 5.10. The summed E-state index contributed by atoms with van der Waals surface area (Å²) in [4.78, 5) is 36.9. The van der Waals surface area contributed by atoms with Gasteiger partial charge in [0.15, 0.2) is 0 Å². The Hall–Kier alpha value is -3.52. The van der Waals surface area contributed by atoms with E-state index in [0.29, 0.717) is 17.8 Å². The van der Waals surface area contributed by atoms with Crippen molar-refractivity contribution in [2.75, 3.05) is 12.4 Å². The fourth-order valence-electron chi connectivity index (χ4n) is 2.62. The van der Waals surface area contributed by atoms with Crippen LogP contribution in [0.2, 0.25) is 0 Å². The molecule has 0 spiro atoms. The minimum Gasteiger partial charge on any atom is -0.380 e. The lowest BCUT2D eigenvalue weighted by molar-refractivity contribution is -0.384. The molecule has 3 rings (SSSR count). The summed E-state index contributed by atoms with van der Waals surface area (Å²) in [5, 5.41) is 14.2. The number of carbonyl (C=O) groups is 1. The van der Waals surface area contributed by atoms with Gasteiger partial charge in [-0.3, -0.25) is 19.7 Å². The van der Waals surface area contributed by atoms with E-state index in [-0.39, 0.29) is 16.8 Å². The quantitative estimate of drug-likeness (QED) is 0.541. The first kappa shape index (κ1) is 17.3. The standard InChI is InChI=1S/C18H15N3O5/c1-26-10-12-8-17(22)20-16-9-13(4-7-15(12)16)19-18(23)11-2-5-14(6-3-11)21(24)25/h2-9H,10H2,1H3,(H,19,23)(H,20,22). The maximum absolute atomic E-state index is 12.3. The molecule has 1 aromatic heterocycles. The van der Waals surface area contributed by atoms with Gasteiger partial charge < -0.3 is 15.0 Å². The molecule has 8 nitrogen and oxygen atoms in total. The number of hydrogen-bond donors (Lipinski definition) is 2. The third kappa shape index (κ3) is 3.60. The number of fused-ring (bicyclic) bond motifs is 1. The lowest BCUT2D eigenvalue weighted by Gasteiger charge is -2.09. The minimum absolute atomic E-state index is 0.0875. The number of H-pyrrole nitrogens is 1. The average Bonchev–Trinajstić information content (AvgIpc) is 2.61. The van der Waals surface area contributed by atoms with Crippen LogP contribution >= 0.6 is 0 Å². The second-order valence-corrected chi connectivity index (χ2v) is 5.61. The van der Waals surface area contributed by atoms with Gasteiger partial charge in [0.05, 0.1) is 17.0 Å². The first-order valence-electron chi connectivity index (χ1n) is 7.68. The number of nitro groups is 1. The number of nitrogens with zero attached hydrogens (tertiary/aromatic N) is 1. The number of amides is 1. The van der Waals surface area contributed by atoms with Crippen LogP contribution in [0.5, 0.6) is 0 Å². The van der Waals surface area contributed by atoms with Crippen LogP contribution in [0.25, 0.3) is 10.9 Å². The largest absolute Gasteiger partial charge is 0.380 e. The number of hydrogen-bond acceptors (Lipinski definition) is 5. The molecular weight excluding hydrogens is 338 g/mol. The summed E-state index contributed by atoms with van der Waals surface area (Å²) >= 11 is 0. The highest BCUT2D eigenvalue weighted by Crippen LogP contribution is 2.21. The van der Waals surface area contributed by atoms with Gasteiger partial charge in [-0.2, -0.15) is 0 Å². The molecule has 0 aliphatic rings. The lowest BCUT2D eigenvalue weighted by atomic mass is 10.1. The molecule has 0 radical (unpaired) electrons. The summed E-state index contributed by atoms with van der Waals surface area (Å²) in [6, 6.07) is 11.9. The smallest absolute Gasteiger partial charge is 0.269 e. The molecular formula is C18H15N3O5. The van der Waals surface area contributed by atoms with Crippen molar-refractivity contribution in [3.05, 3.63) is 80.1 Å². The second kappa shape index (κ2) is 7.16. The highest BCUT2D eigenvalue weighted by molar-refractivity contribution is 6.05. The van der Waals surface area contributed by atoms with Gasteiger partial charge in [0, 0.05) is 41.9 Å². The van der Waals surface area contributed by atoms with Crippen LogP contribution in [0.4, 0.5) is 11.4 Å². The molecule has 0 aliphatic carbocycles. The molecule has 0 aliphatic heterocycles. The van der Waals surface area contributed by atoms with Crippen molar-refractivity contribution < 1.29 is 14.5 Å². The maximum atomic E-state index is 12.3. The molecule has 132 valence electrons. The summed E-state index contributed by atoms with van der Waals surface area (Å²) in [6.45, 7) is 0.301. The summed E-state index contributed by atoms with van der Waals surface area (Å²) in [5.41, 5.74) is 1.76. The molecule has 26 heavy (non-hydrogen) atoms. The lowest BCUT2D eigenvalue weighted by Crippen LogP contribution is -2.12. The van der Waals surface area contributed by atoms with Crippen molar-refractivity contribution in [1.82, 2.24) is 4.98 Å². The SMILES string of the molecule is COCc1cc(=O)[nH]c2cc(NC(=O)c3ccc([N+](=O)[O-])cc3)ccc12. The fourth-order valence-corrected chi connectivity index (χ4v) is 2.62. The van der Waals surface area contributed by atoms with Gasteiger partial charge in [-0.25, -0.2) is 0 Å². The number of nitrogens with one attached hydrogen (secondary N) is 2. The Bertz CT molecular complexity index is 1040. The van der Waals surface area contributed by atoms with Crippen molar-refractivity contribution in [2.45, 2.75) is 6.61 Å². The first-order chi connectivity index (χ1) is 12.5. The molecule has 0 saturated heterocycles. The highest BCUT2D eigenvalue weighted by Gasteiger charge is 2.11. The average molecular weight is 353 g/mol. The van der Waals surface area contributed by atoms with Gasteiger partial charge in [-0.15, -0.1) is 0 Å². The Labute approximate surface area is 147 Å². The van der Waals surface area contributed by atoms with Crippen molar-refractivity contribution >= 4 is 28.2 Å². The van der Waals surface area contributed by atoms with Crippen LogP contribution in [0.15, 0.2) is 53.3 Å². The summed E-state index contributed by atoms with van der Waals surface area (Å²) in [7, 11) is 1.55. The summed E-state index contributed by atoms with van der Waals surface area (Å²) in [6.07, 6.45) is 0. The normalized spacial score (nSPS) is 10.7. The monoisotopic (exact) mass is 353 g/mol. The van der Waals surface area contributed by atoms with Gasteiger partial charge >= 0.3 is 0 Å².